The van der Waals surface area contributed by atoms with E-state index in [1.54, 1.807) is 11.3 Å². The monoisotopic (exact) mass is 291 g/mol. The first-order chi connectivity index (χ1) is 9.41. The van der Waals surface area contributed by atoms with Crippen LogP contribution in [0, 0.1) is 12.3 Å². The number of aromatic nitrogens is 2. The van der Waals surface area contributed by atoms with Gasteiger partial charge in [0.1, 0.15) is 16.5 Å². The maximum absolute atomic E-state index is 10.9. The first kappa shape index (κ1) is 13.8. The first-order valence-corrected chi connectivity index (χ1v) is 7.97. The van der Waals surface area contributed by atoms with Gasteiger partial charge in [-0.1, -0.05) is 13.8 Å². The average Bonchev–Trinajstić information content (AvgIpc) is 2.92. The molecule has 2 aromatic heterocycles. The molecule has 5 heteroatoms. The number of thiophene rings is 1. The lowest BCUT2D eigenvalue weighted by atomic mass is 9.78. The minimum atomic E-state index is -0.659. The van der Waals surface area contributed by atoms with Gasteiger partial charge in [-0.05, 0) is 43.0 Å². The number of nitrogens with one attached hydrogen (secondary N) is 1. The van der Waals surface area contributed by atoms with Gasteiger partial charge in [-0.25, -0.2) is 9.97 Å². The van der Waals surface area contributed by atoms with Crippen LogP contribution in [-0.2, 0) is 0 Å². The second-order valence-electron chi connectivity index (χ2n) is 6.38. The summed E-state index contributed by atoms with van der Waals surface area (Å²) < 4.78 is 0. The number of anilines is 1. The highest BCUT2D eigenvalue weighted by atomic mass is 32.1. The highest BCUT2D eigenvalue weighted by Gasteiger charge is 2.47. The van der Waals surface area contributed by atoms with Gasteiger partial charge in [0.15, 0.2) is 0 Å². The largest absolute Gasteiger partial charge is 0.387 e. The molecule has 1 aliphatic rings. The topological polar surface area (TPSA) is 58.0 Å². The maximum Gasteiger partial charge on any atom is 0.138 e. The van der Waals surface area contributed by atoms with E-state index < -0.39 is 5.60 Å². The molecule has 3 rings (SSSR count). The SMILES string of the molecule is Cc1nc(NCC2(O)CCCC2(C)C)c2ccsc2n1. The summed E-state index contributed by atoms with van der Waals surface area (Å²) in [5, 5.41) is 17.3. The Morgan fingerprint density at radius 2 is 2.15 bits per heavy atom. The average molecular weight is 291 g/mol. The van der Waals surface area contributed by atoms with Crippen LogP contribution in [0.1, 0.15) is 38.9 Å². The third-order valence-corrected chi connectivity index (χ3v) is 5.44. The Labute approximate surface area is 123 Å². The molecular weight excluding hydrogens is 270 g/mol. The molecule has 0 aliphatic heterocycles. The summed E-state index contributed by atoms with van der Waals surface area (Å²) in [6, 6.07) is 2.03. The summed E-state index contributed by atoms with van der Waals surface area (Å²) in [5.74, 6) is 1.60. The van der Waals surface area contributed by atoms with Gasteiger partial charge in [0.2, 0.25) is 0 Å². The predicted octanol–water partition coefficient (Wildman–Crippen LogP) is 3.35. The molecule has 0 aromatic carbocycles. The van der Waals surface area contributed by atoms with Crippen molar-refractivity contribution in [1.29, 1.82) is 0 Å². The van der Waals surface area contributed by atoms with Crippen LogP contribution in [0.4, 0.5) is 5.82 Å². The van der Waals surface area contributed by atoms with Crippen molar-refractivity contribution in [1.82, 2.24) is 9.97 Å². The quantitative estimate of drug-likeness (QED) is 0.910. The smallest absolute Gasteiger partial charge is 0.138 e. The molecule has 1 saturated carbocycles. The van der Waals surface area contributed by atoms with Crippen LogP contribution in [0.3, 0.4) is 0 Å². The molecule has 1 fully saturated rings. The minimum absolute atomic E-state index is 0.0458. The number of hydrogen-bond acceptors (Lipinski definition) is 5. The fourth-order valence-electron chi connectivity index (χ4n) is 3.05. The normalized spacial score (nSPS) is 25.2. The molecule has 4 nitrogen and oxygen atoms in total. The Morgan fingerprint density at radius 1 is 1.35 bits per heavy atom. The van der Waals surface area contributed by atoms with Crippen LogP contribution < -0.4 is 5.32 Å². The van der Waals surface area contributed by atoms with Crippen LogP contribution in [-0.4, -0.2) is 27.2 Å². The molecule has 0 radical (unpaired) electrons. The van der Waals surface area contributed by atoms with E-state index in [9.17, 15) is 5.11 Å². The molecule has 2 N–H and O–H groups in total. The number of aryl methyl sites for hydroxylation is 1. The van der Waals surface area contributed by atoms with E-state index in [-0.39, 0.29) is 5.41 Å². The van der Waals surface area contributed by atoms with Gasteiger partial charge in [-0.15, -0.1) is 11.3 Å². The Bertz CT molecular complexity index is 637. The van der Waals surface area contributed by atoms with E-state index in [1.807, 2.05) is 18.4 Å². The summed E-state index contributed by atoms with van der Waals surface area (Å²) in [6.07, 6.45) is 3.01. The molecule has 0 bridgehead atoms. The molecule has 108 valence electrons. The highest BCUT2D eigenvalue weighted by molar-refractivity contribution is 7.16. The van der Waals surface area contributed by atoms with E-state index in [4.69, 9.17) is 0 Å². The standard InChI is InChI=1S/C15H21N3OS/c1-10-17-12(11-5-8-20-13(11)18-10)16-9-15(19)7-4-6-14(15,2)3/h5,8,19H,4,6-7,9H2,1-3H3,(H,16,17,18). The Balaban J connectivity index is 1.85. The van der Waals surface area contributed by atoms with Gasteiger partial charge >= 0.3 is 0 Å². The number of aliphatic hydroxyl groups is 1. The van der Waals surface area contributed by atoms with Crippen LogP contribution >= 0.6 is 11.3 Å². The molecule has 1 aliphatic carbocycles. The molecule has 0 saturated heterocycles. The second-order valence-corrected chi connectivity index (χ2v) is 7.28. The van der Waals surface area contributed by atoms with Gasteiger partial charge in [0.25, 0.3) is 0 Å². The Hall–Kier alpha value is -1.20. The van der Waals surface area contributed by atoms with E-state index >= 15 is 0 Å². The van der Waals surface area contributed by atoms with Crippen molar-refractivity contribution in [3.63, 3.8) is 0 Å². The van der Waals surface area contributed by atoms with E-state index in [0.717, 1.165) is 41.1 Å². The van der Waals surface area contributed by atoms with Gasteiger partial charge < -0.3 is 10.4 Å². The summed E-state index contributed by atoms with van der Waals surface area (Å²) >= 11 is 1.62. The van der Waals surface area contributed by atoms with Crippen molar-refractivity contribution in [3.8, 4) is 0 Å². The Kier molecular flexibility index (Phi) is 3.21. The van der Waals surface area contributed by atoms with Crippen molar-refractivity contribution in [2.24, 2.45) is 5.41 Å². The van der Waals surface area contributed by atoms with Crippen molar-refractivity contribution in [2.45, 2.75) is 45.6 Å². The van der Waals surface area contributed by atoms with Crippen molar-refractivity contribution in [3.05, 3.63) is 17.3 Å². The summed E-state index contributed by atoms with van der Waals surface area (Å²) in [4.78, 5) is 9.91. The number of fused-ring (bicyclic) bond motifs is 1. The molecular formula is C15H21N3OS. The van der Waals surface area contributed by atoms with Gasteiger partial charge in [0.05, 0.1) is 11.0 Å². The minimum Gasteiger partial charge on any atom is -0.387 e. The molecule has 2 heterocycles. The fraction of sp³-hybridized carbons (Fsp3) is 0.600. The van der Waals surface area contributed by atoms with Crippen molar-refractivity contribution >= 4 is 27.4 Å². The van der Waals surface area contributed by atoms with Crippen LogP contribution in [0.15, 0.2) is 11.4 Å². The van der Waals surface area contributed by atoms with E-state index in [2.05, 4.69) is 29.1 Å². The van der Waals surface area contributed by atoms with Crippen LogP contribution in [0.5, 0.6) is 0 Å². The highest BCUT2D eigenvalue weighted by Crippen LogP contribution is 2.46. The zero-order chi connectivity index (χ0) is 14.4. The number of hydrogen-bond donors (Lipinski definition) is 2. The van der Waals surface area contributed by atoms with Crippen LogP contribution in [0.2, 0.25) is 0 Å². The summed E-state index contributed by atoms with van der Waals surface area (Å²) in [5.41, 5.74) is -0.704. The molecule has 1 atom stereocenters. The lowest BCUT2D eigenvalue weighted by Gasteiger charge is -2.37. The molecule has 1 unspecified atom stereocenters. The van der Waals surface area contributed by atoms with E-state index in [0.29, 0.717) is 6.54 Å². The summed E-state index contributed by atoms with van der Waals surface area (Å²) in [6.45, 7) is 6.74. The van der Waals surface area contributed by atoms with Crippen LogP contribution in [0.25, 0.3) is 10.2 Å². The zero-order valence-corrected chi connectivity index (χ0v) is 13.0. The molecule has 0 amide bonds. The fourth-order valence-corrected chi connectivity index (χ4v) is 3.86. The summed E-state index contributed by atoms with van der Waals surface area (Å²) in [7, 11) is 0. The number of rotatable bonds is 3. The van der Waals surface area contributed by atoms with Crippen molar-refractivity contribution in [2.75, 3.05) is 11.9 Å². The third-order valence-electron chi connectivity index (χ3n) is 4.64. The Morgan fingerprint density at radius 3 is 2.85 bits per heavy atom. The number of nitrogens with zero attached hydrogens (tertiary/aromatic N) is 2. The van der Waals surface area contributed by atoms with Gasteiger partial charge in [0, 0.05) is 6.54 Å². The van der Waals surface area contributed by atoms with Crippen molar-refractivity contribution < 1.29 is 5.11 Å². The van der Waals surface area contributed by atoms with Gasteiger partial charge in [-0.3, -0.25) is 0 Å². The molecule has 20 heavy (non-hydrogen) atoms. The third kappa shape index (κ3) is 2.19. The lowest BCUT2D eigenvalue weighted by Crippen LogP contribution is -2.45. The first-order valence-electron chi connectivity index (χ1n) is 7.09. The zero-order valence-electron chi connectivity index (χ0n) is 12.2. The van der Waals surface area contributed by atoms with Gasteiger partial charge in [-0.2, -0.15) is 0 Å². The predicted molar refractivity (Wildman–Crippen MR) is 83.2 cm³/mol. The van der Waals surface area contributed by atoms with E-state index in [1.165, 1.54) is 0 Å². The maximum atomic E-state index is 10.9. The lowest BCUT2D eigenvalue weighted by molar-refractivity contribution is -0.0303. The molecule has 2 aromatic rings. The second kappa shape index (κ2) is 4.67. The molecule has 0 spiro atoms.